The van der Waals surface area contributed by atoms with Crippen LogP contribution in [0.2, 0.25) is 5.02 Å². The fraction of sp³-hybridized carbons (Fsp3) is 0.0556. The van der Waals surface area contributed by atoms with Crippen molar-refractivity contribution in [1.82, 2.24) is 15.0 Å². The van der Waals surface area contributed by atoms with Crippen LogP contribution in [0.4, 0.5) is 15.9 Å². The number of hydrogen-bond acceptors (Lipinski definition) is 6. The molecule has 0 bridgehead atoms. The van der Waals surface area contributed by atoms with Crippen LogP contribution in [0.25, 0.3) is 0 Å². The summed E-state index contributed by atoms with van der Waals surface area (Å²) in [5, 5.41) is 5.45. The summed E-state index contributed by atoms with van der Waals surface area (Å²) in [4.78, 5) is 37.6. The molecular formula is C18H13ClFN5O2S. The molecule has 0 fully saturated rings. The summed E-state index contributed by atoms with van der Waals surface area (Å²) < 4.78 is 13.7. The minimum atomic E-state index is -0.650. The summed E-state index contributed by atoms with van der Waals surface area (Å²) in [7, 11) is 0. The van der Waals surface area contributed by atoms with Crippen LogP contribution in [0.1, 0.15) is 21.0 Å². The summed E-state index contributed by atoms with van der Waals surface area (Å²) in [5.41, 5.74) is 0.0289. The van der Waals surface area contributed by atoms with Gasteiger partial charge in [-0.05, 0) is 36.6 Å². The number of aromatic nitrogens is 3. The van der Waals surface area contributed by atoms with Gasteiger partial charge in [0.25, 0.3) is 11.8 Å². The lowest BCUT2D eigenvalue weighted by Gasteiger charge is -2.11. The third-order valence-electron chi connectivity index (χ3n) is 3.51. The Labute approximate surface area is 168 Å². The highest BCUT2D eigenvalue weighted by atomic mass is 35.5. The number of halogens is 2. The van der Waals surface area contributed by atoms with E-state index in [9.17, 15) is 14.0 Å². The van der Waals surface area contributed by atoms with Crippen molar-refractivity contribution >= 4 is 46.7 Å². The second-order valence-corrected chi connectivity index (χ2v) is 6.72. The zero-order chi connectivity index (χ0) is 20.1. The van der Waals surface area contributed by atoms with Crippen LogP contribution in [0.15, 0.2) is 53.8 Å². The van der Waals surface area contributed by atoms with Gasteiger partial charge in [-0.2, -0.15) is 0 Å². The molecule has 0 unspecified atom stereocenters. The van der Waals surface area contributed by atoms with Crippen molar-refractivity contribution in [3.05, 3.63) is 71.2 Å². The molecule has 0 saturated heterocycles. The number of thioether (sulfide) groups is 1. The maximum atomic E-state index is 13.7. The molecular weight excluding hydrogens is 405 g/mol. The Morgan fingerprint density at radius 3 is 2.39 bits per heavy atom. The smallest absolute Gasteiger partial charge is 0.293 e. The maximum Gasteiger partial charge on any atom is 0.293 e. The molecule has 2 heterocycles. The van der Waals surface area contributed by atoms with Crippen molar-refractivity contribution in [2.24, 2.45) is 0 Å². The minimum Gasteiger partial charge on any atom is -0.318 e. The Kier molecular flexibility index (Phi) is 6.17. The average Bonchev–Trinajstić information content (AvgIpc) is 2.71. The zero-order valence-corrected chi connectivity index (χ0v) is 16.0. The summed E-state index contributed by atoms with van der Waals surface area (Å²) >= 11 is 7.20. The third kappa shape index (κ3) is 4.81. The highest BCUT2D eigenvalue weighted by Crippen LogP contribution is 2.20. The quantitative estimate of drug-likeness (QED) is 0.611. The predicted octanol–water partition coefficient (Wildman–Crippen LogP) is 3.89. The summed E-state index contributed by atoms with van der Waals surface area (Å²) in [6, 6.07) is 6.48. The zero-order valence-electron chi connectivity index (χ0n) is 14.4. The van der Waals surface area contributed by atoms with E-state index >= 15 is 0 Å². The van der Waals surface area contributed by atoms with Gasteiger partial charge in [-0.15, -0.1) is 11.8 Å². The molecule has 0 saturated carbocycles. The van der Waals surface area contributed by atoms with Crippen LogP contribution < -0.4 is 10.6 Å². The standard InChI is InChI=1S/C18H13ClFN5O2S/c1-28-12-8-22-16(23-9-12)18(27)24-14-4-3-11(20)6-13(14)17(26)25-15-5-2-10(19)7-21-15/h2-9H,1H3,(H,24,27)(H,21,25,26). The molecule has 3 rings (SSSR count). The summed E-state index contributed by atoms with van der Waals surface area (Å²) in [6.45, 7) is 0. The first-order chi connectivity index (χ1) is 13.5. The molecule has 10 heteroatoms. The first-order valence-corrected chi connectivity index (χ1v) is 9.46. The number of carbonyl (C=O) groups excluding carboxylic acids is 2. The van der Waals surface area contributed by atoms with Crippen molar-refractivity contribution in [3.8, 4) is 0 Å². The fourth-order valence-corrected chi connectivity index (χ4v) is 2.59. The fourth-order valence-electron chi connectivity index (χ4n) is 2.16. The number of carbonyl (C=O) groups is 2. The third-order valence-corrected chi connectivity index (χ3v) is 4.42. The van der Waals surface area contributed by atoms with Gasteiger partial charge in [0, 0.05) is 23.5 Å². The molecule has 0 aliphatic heterocycles. The molecule has 0 atom stereocenters. The average molecular weight is 418 g/mol. The van der Waals surface area contributed by atoms with Gasteiger partial charge >= 0.3 is 0 Å². The van der Waals surface area contributed by atoms with Crippen LogP contribution in [-0.4, -0.2) is 33.0 Å². The SMILES string of the molecule is CSc1cnc(C(=O)Nc2ccc(F)cc2C(=O)Nc2ccc(Cl)cn2)nc1. The molecule has 7 nitrogen and oxygen atoms in total. The molecule has 0 radical (unpaired) electrons. The van der Waals surface area contributed by atoms with Crippen LogP contribution in [0, 0.1) is 5.82 Å². The van der Waals surface area contributed by atoms with Crippen molar-refractivity contribution in [3.63, 3.8) is 0 Å². The topological polar surface area (TPSA) is 96.9 Å². The number of hydrogen-bond donors (Lipinski definition) is 2. The van der Waals surface area contributed by atoms with Gasteiger partial charge in [-0.25, -0.2) is 19.3 Å². The van der Waals surface area contributed by atoms with Gasteiger partial charge in [0.15, 0.2) is 0 Å². The molecule has 142 valence electrons. The van der Waals surface area contributed by atoms with Crippen molar-refractivity contribution in [1.29, 1.82) is 0 Å². The minimum absolute atomic E-state index is 0.0761. The Balaban J connectivity index is 1.82. The number of pyridine rings is 1. The van der Waals surface area contributed by atoms with Crippen LogP contribution in [0.5, 0.6) is 0 Å². The second kappa shape index (κ2) is 8.77. The van der Waals surface area contributed by atoms with E-state index in [4.69, 9.17) is 11.6 Å². The number of rotatable bonds is 5. The first kappa shape index (κ1) is 19.7. The molecule has 3 aromatic rings. The van der Waals surface area contributed by atoms with E-state index in [0.29, 0.717) is 5.02 Å². The number of amides is 2. The Hall–Kier alpha value is -3.04. The van der Waals surface area contributed by atoms with E-state index in [2.05, 4.69) is 25.6 Å². The van der Waals surface area contributed by atoms with Gasteiger partial charge in [0.05, 0.1) is 16.3 Å². The highest BCUT2D eigenvalue weighted by Gasteiger charge is 2.17. The van der Waals surface area contributed by atoms with Gasteiger partial charge in [0.2, 0.25) is 5.82 Å². The monoisotopic (exact) mass is 417 g/mol. The van der Waals surface area contributed by atoms with Crippen LogP contribution in [0.3, 0.4) is 0 Å². The first-order valence-electron chi connectivity index (χ1n) is 7.86. The van der Waals surface area contributed by atoms with Crippen LogP contribution in [-0.2, 0) is 0 Å². The van der Waals surface area contributed by atoms with Gasteiger partial charge in [0.1, 0.15) is 11.6 Å². The lowest BCUT2D eigenvalue weighted by atomic mass is 10.1. The highest BCUT2D eigenvalue weighted by molar-refractivity contribution is 7.98. The molecule has 2 amide bonds. The Morgan fingerprint density at radius 2 is 1.75 bits per heavy atom. The van der Waals surface area contributed by atoms with E-state index in [0.717, 1.165) is 17.0 Å². The van der Waals surface area contributed by atoms with Crippen LogP contribution >= 0.6 is 23.4 Å². The maximum absolute atomic E-state index is 13.7. The van der Waals surface area contributed by atoms with Gasteiger partial charge in [-0.1, -0.05) is 11.6 Å². The normalized spacial score (nSPS) is 10.4. The molecule has 0 aliphatic rings. The van der Waals surface area contributed by atoms with Gasteiger partial charge in [-0.3, -0.25) is 9.59 Å². The summed E-state index contributed by atoms with van der Waals surface area (Å²) in [6.07, 6.45) is 6.24. The molecule has 28 heavy (non-hydrogen) atoms. The van der Waals surface area contributed by atoms with E-state index in [1.54, 1.807) is 6.07 Å². The van der Waals surface area contributed by atoms with Crippen molar-refractivity contribution in [2.45, 2.75) is 4.90 Å². The van der Waals surface area contributed by atoms with E-state index in [1.807, 2.05) is 6.26 Å². The molecule has 0 spiro atoms. The number of benzene rings is 1. The predicted molar refractivity (Wildman–Crippen MR) is 105 cm³/mol. The molecule has 2 aromatic heterocycles. The Morgan fingerprint density at radius 1 is 1.00 bits per heavy atom. The van der Waals surface area contributed by atoms with E-state index in [1.165, 1.54) is 42.5 Å². The lowest BCUT2D eigenvalue weighted by molar-refractivity contribution is 0.101. The second-order valence-electron chi connectivity index (χ2n) is 5.41. The molecule has 2 N–H and O–H groups in total. The van der Waals surface area contributed by atoms with E-state index in [-0.39, 0.29) is 22.9 Å². The van der Waals surface area contributed by atoms with E-state index < -0.39 is 17.6 Å². The van der Waals surface area contributed by atoms with Gasteiger partial charge < -0.3 is 10.6 Å². The number of nitrogens with one attached hydrogen (secondary N) is 2. The van der Waals surface area contributed by atoms with Crippen molar-refractivity contribution < 1.29 is 14.0 Å². The molecule has 0 aliphatic carbocycles. The Bertz CT molecular complexity index is 1020. The number of nitrogens with zero attached hydrogens (tertiary/aromatic N) is 3. The summed E-state index contributed by atoms with van der Waals surface area (Å²) in [5.74, 6) is -1.76. The number of anilines is 2. The largest absolute Gasteiger partial charge is 0.318 e. The van der Waals surface area contributed by atoms with Crippen molar-refractivity contribution in [2.75, 3.05) is 16.9 Å². The lowest BCUT2D eigenvalue weighted by Crippen LogP contribution is -2.20. The molecule has 1 aromatic carbocycles.